The maximum Gasteiger partial charge on any atom is 0.408 e. The SMILES string of the molecule is CC(=S)NCCCC[C@H](NC(=O)OCc1ccccc1)C(=O)Nc1cc(C)on1. The number of unbranched alkanes of at least 4 members (excludes halogenated alkanes) is 1. The predicted octanol–water partition coefficient (Wildman–Crippen LogP) is 3.32. The summed E-state index contributed by atoms with van der Waals surface area (Å²) in [6, 6.07) is 10.2. The smallest absolute Gasteiger partial charge is 0.408 e. The van der Waals surface area contributed by atoms with Crippen molar-refractivity contribution in [3.8, 4) is 0 Å². The summed E-state index contributed by atoms with van der Waals surface area (Å²) in [6.45, 7) is 4.38. The van der Waals surface area contributed by atoms with Crippen LogP contribution in [0.4, 0.5) is 10.6 Å². The van der Waals surface area contributed by atoms with E-state index in [4.69, 9.17) is 21.5 Å². The largest absolute Gasteiger partial charge is 0.445 e. The normalized spacial score (nSPS) is 11.4. The van der Waals surface area contributed by atoms with Gasteiger partial charge in [-0.1, -0.05) is 47.7 Å². The van der Waals surface area contributed by atoms with E-state index < -0.39 is 12.1 Å². The molecule has 0 radical (unpaired) electrons. The third-order valence-corrected chi connectivity index (χ3v) is 4.14. The van der Waals surface area contributed by atoms with E-state index in [1.807, 2.05) is 37.3 Å². The van der Waals surface area contributed by atoms with Gasteiger partial charge in [0.1, 0.15) is 18.4 Å². The summed E-state index contributed by atoms with van der Waals surface area (Å²) in [5, 5.41) is 12.1. The fourth-order valence-corrected chi connectivity index (χ4v) is 2.65. The van der Waals surface area contributed by atoms with Crippen LogP contribution in [0.15, 0.2) is 40.9 Å². The lowest BCUT2D eigenvalue weighted by Crippen LogP contribution is -2.44. The number of nitrogens with zero attached hydrogens (tertiary/aromatic N) is 1. The molecular formula is C20H26N4O4S. The van der Waals surface area contributed by atoms with E-state index in [2.05, 4.69) is 21.1 Å². The molecule has 2 amide bonds. The highest BCUT2D eigenvalue weighted by atomic mass is 32.1. The number of nitrogens with one attached hydrogen (secondary N) is 3. The van der Waals surface area contributed by atoms with Crippen molar-refractivity contribution in [1.29, 1.82) is 0 Å². The van der Waals surface area contributed by atoms with Gasteiger partial charge in [0, 0.05) is 12.6 Å². The first-order valence-electron chi connectivity index (χ1n) is 9.40. The molecule has 1 atom stereocenters. The first-order valence-corrected chi connectivity index (χ1v) is 9.80. The average Bonchev–Trinajstić information content (AvgIpc) is 3.10. The van der Waals surface area contributed by atoms with E-state index in [1.54, 1.807) is 13.0 Å². The summed E-state index contributed by atoms with van der Waals surface area (Å²) in [4.78, 5) is 25.5. The molecule has 0 saturated carbocycles. The third kappa shape index (κ3) is 8.73. The molecule has 1 aromatic heterocycles. The van der Waals surface area contributed by atoms with Gasteiger partial charge in [-0.25, -0.2) is 4.79 Å². The lowest BCUT2D eigenvalue weighted by Gasteiger charge is -2.17. The van der Waals surface area contributed by atoms with Gasteiger partial charge in [0.05, 0.1) is 4.99 Å². The summed E-state index contributed by atoms with van der Waals surface area (Å²) >= 11 is 4.97. The molecule has 0 fully saturated rings. The zero-order valence-corrected chi connectivity index (χ0v) is 17.4. The van der Waals surface area contributed by atoms with Crippen LogP contribution in [-0.4, -0.2) is 34.7 Å². The van der Waals surface area contributed by atoms with Gasteiger partial charge in [0.15, 0.2) is 5.82 Å². The molecule has 2 rings (SSSR count). The van der Waals surface area contributed by atoms with Gasteiger partial charge >= 0.3 is 6.09 Å². The fraction of sp³-hybridized carbons (Fsp3) is 0.400. The molecule has 1 aromatic carbocycles. The second-order valence-electron chi connectivity index (χ2n) is 6.55. The highest BCUT2D eigenvalue weighted by Gasteiger charge is 2.22. The van der Waals surface area contributed by atoms with Crippen molar-refractivity contribution in [3.05, 3.63) is 47.7 Å². The van der Waals surface area contributed by atoms with Crippen molar-refractivity contribution in [3.63, 3.8) is 0 Å². The van der Waals surface area contributed by atoms with Crippen LogP contribution in [0.25, 0.3) is 0 Å². The number of aromatic nitrogens is 1. The van der Waals surface area contributed by atoms with Crippen LogP contribution in [0.2, 0.25) is 0 Å². The molecule has 0 aliphatic carbocycles. The van der Waals surface area contributed by atoms with Crippen molar-refractivity contribution in [2.45, 2.75) is 45.8 Å². The molecule has 156 valence electrons. The maximum atomic E-state index is 12.6. The molecule has 3 N–H and O–H groups in total. The standard InChI is InChI=1S/C20H26N4O4S/c1-14-12-18(24-28-14)23-19(25)17(10-6-7-11-21-15(2)29)22-20(26)27-13-16-8-4-3-5-9-16/h3-5,8-9,12,17H,6-7,10-11,13H2,1-2H3,(H,21,29)(H,22,26)(H,23,24,25)/t17-/m0/s1. The van der Waals surface area contributed by atoms with Gasteiger partial charge in [-0.2, -0.15) is 0 Å². The van der Waals surface area contributed by atoms with Crippen LogP contribution in [0, 0.1) is 6.92 Å². The van der Waals surface area contributed by atoms with E-state index >= 15 is 0 Å². The zero-order valence-electron chi connectivity index (χ0n) is 16.6. The summed E-state index contributed by atoms with van der Waals surface area (Å²) in [5.74, 6) is 0.498. The van der Waals surface area contributed by atoms with Crippen LogP contribution in [-0.2, 0) is 16.1 Å². The van der Waals surface area contributed by atoms with Gasteiger partial charge in [0.2, 0.25) is 5.91 Å². The second-order valence-corrected chi connectivity index (χ2v) is 7.16. The number of hydrogen-bond acceptors (Lipinski definition) is 6. The van der Waals surface area contributed by atoms with E-state index in [1.165, 1.54) is 0 Å². The van der Waals surface area contributed by atoms with Crippen LogP contribution < -0.4 is 16.0 Å². The minimum atomic E-state index is -0.760. The predicted molar refractivity (Wildman–Crippen MR) is 114 cm³/mol. The van der Waals surface area contributed by atoms with Gasteiger partial charge in [-0.05, 0) is 38.7 Å². The second kappa shape index (κ2) is 11.8. The Balaban J connectivity index is 1.88. The van der Waals surface area contributed by atoms with Crippen molar-refractivity contribution < 1.29 is 18.8 Å². The third-order valence-electron chi connectivity index (χ3n) is 3.99. The number of alkyl carbamates (subject to hydrolysis) is 1. The Hall–Kier alpha value is -2.94. The van der Waals surface area contributed by atoms with Gasteiger partial charge in [0.25, 0.3) is 0 Å². The average molecular weight is 419 g/mol. The number of thiocarbonyl (C=S) groups is 1. The Kier molecular flexibility index (Phi) is 9.10. The van der Waals surface area contributed by atoms with Gasteiger partial charge < -0.3 is 25.2 Å². The molecule has 29 heavy (non-hydrogen) atoms. The minimum Gasteiger partial charge on any atom is -0.445 e. The Bertz CT molecular complexity index is 810. The zero-order chi connectivity index (χ0) is 21.1. The molecule has 9 heteroatoms. The van der Waals surface area contributed by atoms with Gasteiger partial charge in [-0.15, -0.1) is 0 Å². The summed E-state index contributed by atoms with van der Waals surface area (Å²) in [5.41, 5.74) is 0.864. The number of ether oxygens (including phenoxy) is 1. The van der Waals surface area contributed by atoms with E-state index in [9.17, 15) is 9.59 Å². The van der Waals surface area contributed by atoms with Gasteiger partial charge in [-0.3, -0.25) is 4.79 Å². The number of benzene rings is 1. The molecule has 0 aliphatic rings. The first-order chi connectivity index (χ1) is 13.9. The highest BCUT2D eigenvalue weighted by molar-refractivity contribution is 7.80. The number of amides is 2. The maximum absolute atomic E-state index is 12.6. The van der Waals surface area contributed by atoms with E-state index in [0.717, 1.165) is 17.0 Å². The van der Waals surface area contributed by atoms with Crippen molar-refractivity contribution >= 4 is 35.0 Å². The monoisotopic (exact) mass is 418 g/mol. The number of hydrogen-bond donors (Lipinski definition) is 3. The number of rotatable bonds is 10. The quantitative estimate of drug-likeness (QED) is 0.401. The Morgan fingerprint density at radius 1 is 1.24 bits per heavy atom. The van der Waals surface area contributed by atoms with Crippen LogP contribution >= 0.6 is 12.2 Å². The fourth-order valence-electron chi connectivity index (χ4n) is 2.55. The first kappa shape index (κ1) is 22.4. The topological polar surface area (TPSA) is 105 Å². The van der Waals surface area contributed by atoms with Crippen LogP contribution in [0.5, 0.6) is 0 Å². The lowest BCUT2D eigenvalue weighted by molar-refractivity contribution is -0.118. The molecular weight excluding hydrogens is 392 g/mol. The number of aryl methyl sites for hydroxylation is 1. The van der Waals surface area contributed by atoms with Crippen LogP contribution in [0.3, 0.4) is 0 Å². The molecule has 0 spiro atoms. The number of carbonyl (C=O) groups excluding carboxylic acids is 2. The molecule has 8 nitrogen and oxygen atoms in total. The molecule has 0 saturated heterocycles. The number of anilines is 1. The Labute approximate surface area is 175 Å². The van der Waals surface area contributed by atoms with Crippen molar-refractivity contribution in [1.82, 2.24) is 15.8 Å². The Morgan fingerprint density at radius 2 is 2.00 bits per heavy atom. The molecule has 0 aliphatic heterocycles. The molecule has 1 heterocycles. The highest BCUT2D eigenvalue weighted by Crippen LogP contribution is 2.10. The molecule has 0 bridgehead atoms. The minimum absolute atomic E-state index is 0.126. The molecule has 0 unspecified atom stereocenters. The van der Waals surface area contributed by atoms with Crippen LogP contribution in [0.1, 0.15) is 37.5 Å². The van der Waals surface area contributed by atoms with Crippen molar-refractivity contribution in [2.24, 2.45) is 0 Å². The summed E-state index contributed by atoms with van der Waals surface area (Å²) in [6.07, 6.45) is 1.31. The van der Waals surface area contributed by atoms with E-state index in [-0.39, 0.29) is 12.5 Å². The number of carbonyl (C=O) groups is 2. The molecule has 2 aromatic rings. The van der Waals surface area contributed by atoms with Crippen molar-refractivity contribution in [2.75, 3.05) is 11.9 Å². The van der Waals surface area contributed by atoms with E-state index in [0.29, 0.717) is 31.0 Å². The lowest BCUT2D eigenvalue weighted by atomic mass is 10.1. The summed E-state index contributed by atoms with van der Waals surface area (Å²) < 4.78 is 10.2. The Morgan fingerprint density at radius 3 is 2.66 bits per heavy atom. The summed E-state index contributed by atoms with van der Waals surface area (Å²) in [7, 11) is 0.